The number of aryl methyl sites for hydroxylation is 1. The molecule has 114 valence electrons. The Kier molecular flexibility index (Phi) is 3.78. The zero-order chi connectivity index (χ0) is 15.9. The van der Waals surface area contributed by atoms with E-state index in [4.69, 9.17) is 0 Å². The highest BCUT2D eigenvalue weighted by atomic mass is 19.1. The van der Waals surface area contributed by atoms with Crippen LogP contribution in [0.25, 0.3) is 0 Å². The van der Waals surface area contributed by atoms with Crippen molar-refractivity contribution in [3.8, 4) is 0 Å². The normalized spacial score (nSPS) is 23.2. The van der Waals surface area contributed by atoms with Gasteiger partial charge in [-0.25, -0.2) is 4.39 Å². The van der Waals surface area contributed by atoms with Crippen LogP contribution in [0.2, 0.25) is 0 Å². The fourth-order valence-electron chi connectivity index (χ4n) is 2.57. The van der Waals surface area contributed by atoms with Crippen LogP contribution < -0.4 is 10.2 Å². The van der Waals surface area contributed by atoms with Crippen LogP contribution in [0.4, 0.5) is 10.1 Å². The Morgan fingerprint density at radius 2 is 1.81 bits per heavy atom. The Morgan fingerprint density at radius 3 is 2.33 bits per heavy atom. The van der Waals surface area contributed by atoms with Crippen LogP contribution in [0.5, 0.6) is 0 Å². The topological polar surface area (TPSA) is 49.4 Å². The van der Waals surface area contributed by atoms with Crippen LogP contribution >= 0.6 is 0 Å². The number of rotatable bonds is 1. The molecule has 5 heteroatoms. The first kappa shape index (κ1) is 15.5. The van der Waals surface area contributed by atoms with Crippen molar-refractivity contribution in [2.45, 2.75) is 46.7 Å². The molecular weight excluding hydrogens is 271 g/mol. The van der Waals surface area contributed by atoms with Crippen LogP contribution in [0, 0.1) is 18.2 Å². The predicted octanol–water partition coefficient (Wildman–Crippen LogP) is 2.40. The molecule has 0 spiro atoms. The largest absolute Gasteiger partial charge is 0.342 e. The van der Waals surface area contributed by atoms with Crippen molar-refractivity contribution in [3.63, 3.8) is 0 Å². The molecule has 0 bridgehead atoms. The van der Waals surface area contributed by atoms with E-state index in [-0.39, 0.29) is 11.8 Å². The molecule has 4 nitrogen and oxygen atoms in total. The SMILES string of the molecule is Cc1cc(F)cc(N2C(=O)C(C(C)(C)C)NC(=O)C2C)c1. The first-order chi connectivity index (χ1) is 9.61. The van der Waals surface area contributed by atoms with E-state index in [1.807, 2.05) is 20.8 Å². The van der Waals surface area contributed by atoms with Gasteiger partial charge in [0.05, 0.1) is 0 Å². The van der Waals surface area contributed by atoms with Gasteiger partial charge in [-0.3, -0.25) is 14.5 Å². The third-order valence-corrected chi connectivity index (χ3v) is 3.71. The van der Waals surface area contributed by atoms with Crippen LogP contribution in [-0.4, -0.2) is 23.9 Å². The maximum Gasteiger partial charge on any atom is 0.250 e. The number of carbonyl (C=O) groups excluding carboxylic acids is 2. The lowest BCUT2D eigenvalue weighted by molar-refractivity contribution is -0.136. The summed E-state index contributed by atoms with van der Waals surface area (Å²) in [7, 11) is 0. The molecule has 1 N–H and O–H groups in total. The van der Waals surface area contributed by atoms with E-state index in [1.165, 1.54) is 17.0 Å². The molecule has 2 rings (SSSR count). The number of anilines is 1. The van der Waals surface area contributed by atoms with E-state index in [0.717, 1.165) is 0 Å². The predicted molar refractivity (Wildman–Crippen MR) is 79.5 cm³/mol. The van der Waals surface area contributed by atoms with E-state index in [2.05, 4.69) is 5.32 Å². The second-order valence-corrected chi connectivity index (χ2v) is 6.68. The van der Waals surface area contributed by atoms with Gasteiger partial charge >= 0.3 is 0 Å². The number of hydrogen-bond acceptors (Lipinski definition) is 2. The summed E-state index contributed by atoms with van der Waals surface area (Å²) in [6.45, 7) is 9.07. The maximum atomic E-state index is 13.6. The molecule has 2 amide bonds. The monoisotopic (exact) mass is 292 g/mol. The molecule has 1 aliphatic rings. The number of piperazine rings is 1. The molecule has 21 heavy (non-hydrogen) atoms. The van der Waals surface area contributed by atoms with Crippen LogP contribution in [0.15, 0.2) is 18.2 Å². The van der Waals surface area contributed by atoms with Gasteiger partial charge < -0.3 is 5.32 Å². The molecule has 0 aromatic heterocycles. The van der Waals surface area contributed by atoms with E-state index in [9.17, 15) is 14.0 Å². The Balaban J connectivity index is 2.48. The Labute approximate surface area is 124 Å². The summed E-state index contributed by atoms with van der Waals surface area (Å²) in [5, 5.41) is 2.76. The van der Waals surface area contributed by atoms with Gasteiger partial charge in [0, 0.05) is 5.69 Å². The zero-order valence-corrected chi connectivity index (χ0v) is 13.0. The highest BCUT2D eigenvalue weighted by Gasteiger charge is 2.44. The van der Waals surface area contributed by atoms with Crippen molar-refractivity contribution in [1.29, 1.82) is 0 Å². The molecular formula is C16H21FN2O2. The van der Waals surface area contributed by atoms with E-state index < -0.39 is 23.3 Å². The minimum absolute atomic E-state index is 0.209. The molecule has 0 saturated carbocycles. The molecule has 0 radical (unpaired) electrons. The van der Waals surface area contributed by atoms with Crippen LogP contribution in [-0.2, 0) is 9.59 Å². The first-order valence-corrected chi connectivity index (χ1v) is 7.02. The summed E-state index contributed by atoms with van der Waals surface area (Å²) in [6, 6.07) is 3.13. The van der Waals surface area contributed by atoms with E-state index in [0.29, 0.717) is 11.3 Å². The summed E-state index contributed by atoms with van der Waals surface area (Å²) < 4.78 is 13.6. The maximum absolute atomic E-state index is 13.6. The van der Waals surface area contributed by atoms with Crippen LogP contribution in [0.3, 0.4) is 0 Å². The first-order valence-electron chi connectivity index (χ1n) is 7.02. The average molecular weight is 292 g/mol. The number of hydrogen-bond donors (Lipinski definition) is 1. The van der Waals surface area contributed by atoms with Gasteiger partial charge in [0.1, 0.15) is 17.9 Å². The molecule has 2 atom stereocenters. The minimum Gasteiger partial charge on any atom is -0.342 e. The number of benzene rings is 1. The molecule has 1 fully saturated rings. The van der Waals surface area contributed by atoms with E-state index >= 15 is 0 Å². The molecule has 2 unspecified atom stereocenters. The molecule has 1 aromatic carbocycles. The zero-order valence-electron chi connectivity index (χ0n) is 13.0. The van der Waals surface area contributed by atoms with Crippen LogP contribution in [0.1, 0.15) is 33.3 Å². The summed E-state index contributed by atoms with van der Waals surface area (Å²) in [6.07, 6.45) is 0. The Morgan fingerprint density at radius 1 is 1.19 bits per heavy atom. The van der Waals surface area contributed by atoms with Crippen molar-refractivity contribution in [2.75, 3.05) is 4.90 Å². The quantitative estimate of drug-likeness (QED) is 0.864. The van der Waals surface area contributed by atoms with Gasteiger partial charge in [0.15, 0.2) is 0 Å². The second-order valence-electron chi connectivity index (χ2n) is 6.68. The number of nitrogens with zero attached hydrogens (tertiary/aromatic N) is 1. The van der Waals surface area contributed by atoms with Gasteiger partial charge in [-0.05, 0) is 43.0 Å². The lowest BCUT2D eigenvalue weighted by atomic mass is 9.84. The summed E-state index contributed by atoms with van der Waals surface area (Å²) in [5.74, 6) is -0.848. The van der Waals surface area contributed by atoms with Crippen molar-refractivity contribution >= 4 is 17.5 Å². The lowest BCUT2D eigenvalue weighted by Gasteiger charge is -2.42. The summed E-state index contributed by atoms with van der Waals surface area (Å²) >= 11 is 0. The fraction of sp³-hybridized carbons (Fsp3) is 0.500. The van der Waals surface area contributed by atoms with E-state index in [1.54, 1.807) is 19.9 Å². The third-order valence-electron chi connectivity index (χ3n) is 3.71. The standard InChI is InChI=1S/C16H21FN2O2/c1-9-6-11(17)8-12(7-9)19-10(2)14(20)18-13(15(19)21)16(3,4)5/h6-8,10,13H,1-5H3,(H,18,20). The van der Waals surface area contributed by atoms with Crippen molar-refractivity contribution in [1.82, 2.24) is 5.32 Å². The average Bonchev–Trinajstić information content (AvgIpc) is 2.31. The minimum atomic E-state index is -0.655. The number of amides is 2. The Bertz CT molecular complexity index is 572. The highest BCUT2D eigenvalue weighted by Crippen LogP contribution is 2.29. The summed E-state index contributed by atoms with van der Waals surface area (Å²) in [4.78, 5) is 26.3. The highest BCUT2D eigenvalue weighted by molar-refractivity contribution is 6.08. The lowest BCUT2D eigenvalue weighted by Crippen LogP contribution is -2.66. The number of carbonyl (C=O) groups is 2. The molecule has 1 saturated heterocycles. The molecule has 0 aliphatic carbocycles. The van der Waals surface area contributed by atoms with Gasteiger partial charge in [0.2, 0.25) is 5.91 Å². The van der Waals surface area contributed by atoms with Crippen molar-refractivity contribution in [2.24, 2.45) is 5.41 Å². The molecule has 1 aromatic rings. The van der Waals surface area contributed by atoms with Crippen molar-refractivity contribution in [3.05, 3.63) is 29.6 Å². The van der Waals surface area contributed by atoms with Crippen molar-refractivity contribution < 1.29 is 14.0 Å². The van der Waals surface area contributed by atoms with Gasteiger partial charge in [-0.15, -0.1) is 0 Å². The Hall–Kier alpha value is -1.91. The number of halogens is 1. The van der Waals surface area contributed by atoms with Gasteiger partial charge in [-0.2, -0.15) is 0 Å². The molecule has 1 aliphatic heterocycles. The summed E-state index contributed by atoms with van der Waals surface area (Å²) in [5.41, 5.74) is 0.727. The van der Waals surface area contributed by atoms with Gasteiger partial charge in [-0.1, -0.05) is 20.8 Å². The molecule has 1 heterocycles. The third kappa shape index (κ3) is 2.91. The fourth-order valence-corrected chi connectivity index (χ4v) is 2.57. The number of nitrogens with one attached hydrogen (secondary N) is 1. The second kappa shape index (κ2) is 5.13. The van der Waals surface area contributed by atoms with Gasteiger partial charge in [0.25, 0.3) is 5.91 Å². The smallest absolute Gasteiger partial charge is 0.250 e.